The zero-order valence-corrected chi connectivity index (χ0v) is 33.4. The smallest absolute Gasteiger partial charge is 0.309 e. The molecule has 2 aliphatic heterocycles. The number of carbonyl (C=O) groups is 1. The van der Waals surface area contributed by atoms with Gasteiger partial charge in [0.2, 0.25) is 0 Å². The number of rotatable bonds is 18. The minimum Gasteiger partial charge on any atom is -0.481 e. The Labute approximate surface area is 323 Å². The summed E-state index contributed by atoms with van der Waals surface area (Å²) < 4.78 is 25.0. The predicted octanol–water partition coefficient (Wildman–Crippen LogP) is 2.93. The first-order chi connectivity index (χ1) is 26.0. The number of nitrogens with two attached hydrogens (primary N) is 1. The van der Waals surface area contributed by atoms with E-state index >= 15 is 0 Å². The van der Waals surface area contributed by atoms with Gasteiger partial charge in [-0.15, -0.1) is 0 Å². The van der Waals surface area contributed by atoms with Crippen LogP contribution in [0.2, 0.25) is 0 Å². The molecule has 3 aliphatic carbocycles. The summed E-state index contributed by atoms with van der Waals surface area (Å²) in [5.74, 6) is -0.508. The van der Waals surface area contributed by atoms with E-state index in [1.165, 1.54) is 0 Å². The molecule has 15 atom stereocenters. The zero-order chi connectivity index (χ0) is 38.8. The summed E-state index contributed by atoms with van der Waals surface area (Å²) in [6, 6.07) is -0.234. The van der Waals surface area contributed by atoms with Gasteiger partial charge < -0.3 is 60.8 Å². The number of hydrogen-bond acceptors (Lipinski definition) is 12. The lowest BCUT2D eigenvalue weighted by Crippen LogP contribution is -2.56. The van der Waals surface area contributed by atoms with Crippen molar-refractivity contribution in [2.24, 2.45) is 40.7 Å². The third-order valence-electron chi connectivity index (χ3n) is 14.4. The van der Waals surface area contributed by atoms with Crippen LogP contribution in [-0.2, 0) is 23.7 Å². The molecule has 0 spiro atoms. The Hall–Kier alpha value is -0.970. The third-order valence-corrected chi connectivity index (χ3v) is 14.4. The van der Waals surface area contributed by atoms with E-state index in [4.69, 9.17) is 24.7 Å². The fourth-order valence-electron chi connectivity index (χ4n) is 11.3. The summed E-state index contributed by atoms with van der Waals surface area (Å²) >= 11 is 0. The quantitative estimate of drug-likeness (QED) is 0.101. The van der Waals surface area contributed by atoms with Gasteiger partial charge in [-0.05, 0) is 127 Å². The van der Waals surface area contributed by atoms with E-state index in [9.17, 15) is 30.3 Å². The normalized spacial score (nSPS) is 40.2. The molecule has 0 aromatic rings. The van der Waals surface area contributed by atoms with Crippen LogP contribution in [0.4, 0.5) is 0 Å². The van der Waals surface area contributed by atoms with Crippen molar-refractivity contribution in [3.05, 3.63) is 0 Å². The van der Waals surface area contributed by atoms with Crippen molar-refractivity contribution in [1.82, 2.24) is 10.6 Å². The van der Waals surface area contributed by atoms with Gasteiger partial charge in [-0.25, -0.2) is 0 Å². The molecule has 0 bridgehead atoms. The highest BCUT2D eigenvalue weighted by Crippen LogP contribution is 2.48. The lowest BCUT2D eigenvalue weighted by Gasteiger charge is -2.49. The van der Waals surface area contributed by atoms with Gasteiger partial charge in [-0.2, -0.15) is 0 Å². The van der Waals surface area contributed by atoms with Gasteiger partial charge in [0.1, 0.15) is 6.10 Å². The summed E-state index contributed by atoms with van der Waals surface area (Å²) in [5.41, 5.74) is 5.48. The van der Waals surface area contributed by atoms with E-state index in [2.05, 4.69) is 10.6 Å². The van der Waals surface area contributed by atoms with Crippen LogP contribution in [0.5, 0.6) is 0 Å². The first-order valence-electron chi connectivity index (χ1n) is 21.5. The Morgan fingerprint density at radius 2 is 1.65 bits per heavy atom. The Morgan fingerprint density at radius 3 is 2.31 bits per heavy atom. The average Bonchev–Trinajstić information content (AvgIpc) is 3.17. The van der Waals surface area contributed by atoms with Gasteiger partial charge in [0.05, 0.1) is 60.9 Å². The number of aliphatic hydroxyl groups excluding tert-OH is 4. The number of carboxylic acid groups (broad SMARTS) is 1. The molecule has 0 radical (unpaired) electrons. The van der Waals surface area contributed by atoms with Crippen molar-refractivity contribution in [3.8, 4) is 0 Å². The fraction of sp³-hybridized carbons (Fsp3) is 0.976. The number of ether oxygens (including phenoxy) is 4. The van der Waals surface area contributed by atoms with Crippen LogP contribution < -0.4 is 16.4 Å². The van der Waals surface area contributed by atoms with E-state index in [0.29, 0.717) is 56.9 Å². The minimum atomic E-state index is -0.881. The Morgan fingerprint density at radius 1 is 0.907 bits per heavy atom. The van der Waals surface area contributed by atoms with Gasteiger partial charge in [-0.3, -0.25) is 4.79 Å². The second-order valence-corrected chi connectivity index (χ2v) is 17.6. The van der Waals surface area contributed by atoms with Crippen molar-refractivity contribution < 1.29 is 49.3 Å². The van der Waals surface area contributed by atoms with Crippen molar-refractivity contribution in [2.75, 3.05) is 40.5 Å². The van der Waals surface area contributed by atoms with Crippen molar-refractivity contribution in [1.29, 1.82) is 0 Å². The number of nitrogens with one attached hydrogen (secondary N) is 2. The van der Waals surface area contributed by atoms with E-state index in [0.717, 1.165) is 77.2 Å². The van der Waals surface area contributed by atoms with Gasteiger partial charge in [-0.1, -0.05) is 26.2 Å². The second kappa shape index (κ2) is 21.2. The number of methoxy groups -OCH3 is 2. The molecule has 2 heterocycles. The largest absolute Gasteiger partial charge is 0.481 e. The van der Waals surface area contributed by atoms with Crippen LogP contribution in [0, 0.1) is 35.0 Å². The summed E-state index contributed by atoms with van der Waals surface area (Å²) in [7, 11) is 3.26. The molecule has 5 aliphatic rings. The monoisotopic (exact) mass is 770 g/mol. The van der Waals surface area contributed by atoms with E-state index in [1.54, 1.807) is 14.2 Å². The van der Waals surface area contributed by atoms with Crippen LogP contribution in [-0.4, -0.2) is 133 Å². The summed E-state index contributed by atoms with van der Waals surface area (Å²) in [4.78, 5) is 13.3. The topological polar surface area (TPSA) is 205 Å². The van der Waals surface area contributed by atoms with Gasteiger partial charge in [0.25, 0.3) is 0 Å². The van der Waals surface area contributed by atoms with Crippen LogP contribution >= 0.6 is 0 Å². The first kappa shape index (κ1) is 44.1. The molecule has 9 unspecified atom stereocenters. The number of likely N-dealkylation sites (N-methyl/N-ethyl adjacent to an activating group) is 1. The number of hydrogen-bond donors (Lipinski definition) is 8. The Kier molecular flexibility index (Phi) is 17.3. The van der Waals surface area contributed by atoms with Crippen molar-refractivity contribution in [3.63, 3.8) is 0 Å². The lowest BCUT2D eigenvalue weighted by atomic mass is 9.60. The highest BCUT2D eigenvalue weighted by Gasteiger charge is 2.51. The molecule has 0 aromatic carbocycles. The molecule has 5 fully saturated rings. The highest BCUT2D eigenvalue weighted by molar-refractivity contribution is 5.75. The molecule has 5 rings (SSSR count). The molecule has 2 saturated heterocycles. The van der Waals surface area contributed by atoms with E-state index < -0.39 is 41.9 Å². The maximum Gasteiger partial charge on any atom is 0.309 e. The molecule has 314 valence electrons. The average molecular weight is 770 g/mol. The Bertz CT molecular complexity index is 1120. The zero-order valence-electron chi connectivity index (χ0n) is 33.4. The third kappa shape index (κ3) is 10.9. The number of carboxylic acids is 1. The molecule has 13 nitrogen and oxygen atoms in total. The Balaban J connectivity index is 1.32. The van der Waals surface area contributed by atoms with Crippen LogP contribution in [0.3, 0.4) is 0 Å². The molecule has 3 saturated carbocycles. The SMILES string of the molecule is CCN[C@H](COC1CC([C@@H]2O[C@@H](CCC3CCC(O)C(OC)C3)C[C@H](O)[C@@H]2CCO)CC(OC)C1O)[C@H](CC1CCNC(N)C1)C1(C(=O)O)CCCCC1. The number of aliphatic hydroxyl groups is 4. The van der Waals surface area contributed by atoms with Crippen LogP contribution in [0.25, 0.3) is 0 Å². The molecule has 9 N–H and O–H groups in total. The van der Waals surface area contributed by atoms with Crippen LogP contribution in [0.15, 0.2) is 0 Å². The van der Waals surface area contributed by atoms with Crippen LogP contribution in [0.1, 0.15) is 116 Å². The maximum absolute atomic E-state index is 13.3. The van der Waals surface area contributed by atoms with Crippen molar-refractivity contribution >= 4 is 5.97 Å². The fourth-order valence-corrected chi connectivity index (χ4v) is 11.3. The number of aliphatic carboxylic acids is 1. The standard InChI is InChI=1S/C41H75N3O10/c1-4-43-31(30(18-26-12-16-44-37(42)20-26)41(40(49)50)14-6-5-7-15-41)24-53-36-22-27(21-35(52-3)38(36)48)39-29(13-17-45)33(47)23-28(54-39)10-8-25-9-11-32(46)34(19-25)51-2/h25-39,43-48H,4-24,42H2,1-3H3,(H,49,50)/t25?,26?,27?,28-,29-,30-,31+,32?,33-,34?,35?,36?,37?,38?,39-/m0/s1. The van der Waals surface area contributed by atoms with Gasteiger partial charge in [0.15, 0.2) is 0 Å². The van der Waals surface area contributed by atoms with Gasteiger partial charge in [0, 0.05) is 32.8 Å². The molecule has 0 amide bonds. The molecular formula is C41H75N3O10. The van der Waals surface area contributed by atoms with Crippen molar-refractivity contribution in [2.45, 2.75) is 177 Å². The van der Waals surface area contributed by atoms with E-state index in [-0.39, 0.29) is 61.5 Å². The summed E-state index contributed by atoms with van der Waals surface area (Å²) in [6.45, 7) is 3.72. The van der Waals surface area contributed by atoms with Gasteiger partial charge >= 0.3 is 5.97 Å². The second-order valence-electron chi connectivity index (χ2n) is 17.6. The molecule has 13 heteroatoms. The highest BCUT2D eigenvalue weighted by atomic mass is 16.5. The first-order valence-corrected chi connectivity index (χ1v) is 21.5. The summed E-state index contributed by atoms with van der Waals surface area (Å²) in [6.07, 6.45) is 9.06. The maximum atomic E-state index is 13.3. The number of piperidine rings is 1. The molecule has 0 aromatic heterocycles. The lowest BCUT2D eigenvalue weighted by molar-refractivity contribution is -0.200. The summed E-state index contributed by atoms with van der Waals surface area (Å²) in [5, 5.41) is 61.3. The van der Waals surface area contributed by atoms with E-state index in [1.807, 2.05) is 6.92 Å². The predicted molar refractivity (Wildman–Crippen MR) is 205 cm³/mol. The molecular weight excluding hydrogens is 694 g/mol. The molecule has 54 heavy (non-hydrogen) atoms. The minimum absolute atomic E-state index is 0.0585.